The summed E-state index contributed by atoms with van der Waals surface area (Å²) < 4.78 is 0. The predicted molar refractivity (Wildman–Crippen MR) is 82.7 cm³/mol. The van der Waals surface area contributed by atoms with Gasteiger partial charge in [0.15, 0.2) is 0 Å². The van der Waals surface area contributed by atoms with Crippen LogP contribution in [0.3, 0.4) is 0 Å². The second-order valence-corrected chi connectivity index (χ2v) is 5.02. The van der Waals surface area contributed by atoms with Crippen LogP contribution in [0.5, 0.6) is 0 Å². The van der Waals surface area contributed by atoms with Crippen LogP contribution in [0, 0.1) is 6.92 Å². The molecule has 108 valence electrons. The molecule has 2 amide bonds. The van der Waals surface area contributed by atoms with Crippen molar-refractivity contribution >= 4 is 46.5 Å². The van der Waals surface area contributed by atoms with E-state index in [2.05, 4.69) is 15.6 Å². The van der Waals surface area contributed by atoms with Crippen molar-refractivity contribution in [2.75, 3.05) is 10.6 Å². The number of halogens is 2. The summed E-state index contributed by atoms with van der Waals surface area (Å²) in [5.74, 6) is -1.41. The molecule has 0 aliphatic rings. The van der Waals surface area contributed by atoms with Gasteiger partial charge in [0.05, 0.1) is 15.7 Å². The third-order valence-corrected chi connectivity index (χ3v) is 3.38. The van der Waals surface area contributed by atoms with Gasteiger partial charge < -0.3 is 10.6 Å². The third-order valence-electron chi connectivity index (χ3n) is 2.56. The Hall–Kier alpha value is -2.11. The summed E-state index contributed by atoms with van der Waals surface area (Å²) in [6.07, 6.45) is 1.58. The summed E-state index contributed by atoms with van der Waals surface area (Å²) >= 11 is 11.8. The quantitative estimate of drug-likeness (QED) is 0.833. The van der Waals surface area contributed by atoms with Crippen molar-refractivity contribution < 1.29 is 9.59 Å². The first-order valence-electron chi connectivity index (χ1n) is 5.96. The number of nitrogens with zero attached hydrogens (tertiary/aromatic N) is 1. The van der Waals surface area contributed by atoms with Gasteiger partial charge in [-0.05, 0) is 30.7 Å². The van der Waals surface area contributed by atoms with E-state index >= 15 is 0 Å². The summed E-state index contributed by atoms with van der Waals surface area (Å²) in [5.41, 5.74) is 1.21. The molecule has 0 aliphatic carbocycles. The van der Waals surface area contributed by atoms with E-state index in [-0.39, 0.29) is 21.6 Å². The maximum atomic E-state index is 11.8. The Balaban J connectivity index is 2.04. The minimum Gasteiger partial charge on any atom is -0.316 e. The Morgan fingerprint density at radius 2 is 1.76 bits per heavy atom. The van der Waals surface area contributed by atoms with Crippen LogP contribution in [0.4, 0.5) is 11.5 Å². The summed E-state index contributed by atoms with van der Waals surface area (Å²) in [6, 6.07) is 8.11. The Bertz CT molecular complexity index is 687. The molecule has 0 aliphatic heterocycles. The second-order valence-electron chi connectivity index (χ2n) is 4.23. The van der Waals surface area contributed by atoms with E-state index in [0.29, 0.717) is 0 Å². The molecule has 21 heavy (non-hydrogen) atoms. The van der Waals surface area contributed by atoms with Gasteiger partial charge >= 0.3 is 11.8 Å². The van der Waals surface area contributed by atoms with Gasteiger partial charge in [0.2, 0.25) is 0 Å². The lowest BCUT2D eigenvalue weighted by molar-refractivity contribution is -0.133. The lowest BCUT2D eigenvalue weighted by Gasteiger charge is -2.08. The molecule has 2 N–H and O–H groups in total. The van der Waals surface area contributed by atoms with Gasteiger partial charge in [-0.25, -0.2) is 4.98 Å². The fourth-order valence-electron chi connectivity index (χ4n) is 1.49. The number of carbonyl (C=O) groups excluding carboxylic acids is 2. The summed E-state index contributed by atoms with van der Waals surface area (Å²) in [6.45, 7) is 1.87. The third kappa shape index (κ3) is 3.93. The van der Waals surface area contributed by atoms with Crippen molar-refractivity contribution in [1.82, 2.24) is 4.98 Å². The number of pyridine rings is 1. The maximum Gasteiger partial charge on any atom is 0.315 e. The molecule has 5 nitrogen and oxygen atoms in total. The van der Waals surface area contributed by atoms with Crippen LogP contribution < -0.4 is 10.6 Å². The molecule has 0 unspecified atom stereocenters. The smallest absolute Gasteiger partial charge is 0.315 e. The number of amides is 2. The van der Waals surface area contributed by atoms with Crippen LogP contribution >= 0.6 is 23.2 Å². The molecule has 0 atom stereocenters. The zero-order valence-electron chi connectivity index (χ0n) is 11.0. The van der Waals surface area contributed by atoms with Crippen molar-refractivity contribution in [3.8, 4) is 0 Å². The summed E-state index contributed by atoms with van der Waals surface area (Å²) in [4.78, 5) is 27.5. The van der Waals surface area contributed by atoms with Gasteiger partial charge in [-0.3, -0.25) is 9.59 Å². The fourth-order valence-corrected chi connectivity index (χ4v) is 1.84. The van der Waals surface area contributed by atoms with E-state index in [0.717, 1.165) is 5.56 Å². The highest BCUT2D eigenvalue weighted by molar-refractivity contribution is 6.47. The molecule has 1 aromatic heterocycles. The van der Waals surface area contributed by atoms with E-state index in [1.807, 2.05) is 6.92 Å². The van der Waals surface area contributed by atoms with Gasteiger partial charge in [-0.15, -0.1) is 0 Å². The largest absolute Gasteiger partial charge is 0.316 e. The molecular weight excluding hydrogens is 313 g/mol. The fraction of sp³-hybridized carbons (Fsp3) is 0.0714. The molecule has 2 aromatic rings. The Morgan fingerprint density at radius 3 is 2.43 bits per heavy atom. The van der Waals surface area contributed by atoms with Gasteiger partial charge in [-0.2, -0.15) is 0 Å². The molecule has 0 saturated carbocycles. The van der Waals surface area contributed by atoms with Crippen LogP contribution in [0.2, 0.25) is 10.0 Å². The van der Waals surface area contributed by atoms with Crippen LogP contribution in [0.15, 0.2) is 36.5 Å². The van der Waals surface area contributed by atoms with Gasteiger partial charge in [0, 0.05) is 6.20 Å². The van der Waals surface area contributed by atoms with E-state index < -0.39 is 11.8 Å². The zero-order valence-corrected chi connectivity index (χ0v) is 12.5. The highest BCUT2D eigenvalue weighted by Crippen LogP contribution is 2.29. The SMILES string of the molecule is Cc1ccc(NC(=O)C(=O)Nc2cccc(Cl)c2Cl)nc1. The first-order chi connectivity index (χ1) is 9.97. The van der Waals surface area contributed by atoms with E-state index in [1.165, 1.54) is 0 Å². The number of hydrogen-bond donors (Lipinski definition) is 2. The van der Waals surface area contributed by atoms with Crippen molar-refractivity contribution in [3.05, 3.63) is 52.1 Å². The molecule has 0 spiro atoms. The molecular formula is C14H11Cl2N3O2. The highest BCUT2D eigenvalue weighted by atomic mass is 35.5. The van der Waals surface area contributed by atoms with Crippen molar-refractivity contribution in [2.24, 2.45) is 0 Å². The van der Waals surface area contributed by atoms with Crippen molar-refractivity contribution in [3.63, 3.8) is 0 Å². The van der Waals surface area contributed by atoms with Crippen molar-refractivity contribution in [2.45, 2.75) is 6.92 Å². The van der Waals surface area contributed by atoms with E-state index in [4.69, 9.17) is 23.2 Å². The number of aromatic nitrogens is 1. The number of hydrogen-bond acceptors (Lipinski definition) is 3. The normalized spacial score (nSPS) is 10.0. The average Bonchev–Trinajstić information content (AvgIpc) is 2.46. The molecule has 0 bridgehead atoms. The molecule has 1 heterocycles. The van der Waals surface area contributed by atoms with Crippen LogP contribution in [0.25, 0.3) is 0 Å². The number of anilines is 2. The Morgan fingerprint density at radius 1 is 1.05 bits per heavy atom. The topological polar surface area (TPSA) is 71.1 Å². The number of rotatable bonds is 2. The zero-order chi connectivity index (χ0) is 15.4. The molecule has 0 fully saturated rings. The van der Waals surface area contributed by atoms with Gasteiger partial charge in [0.1, 0.15) is 5.82 Å². The molecule has 0 radical (unpaired) electrons. The van der Waals surface area contributed by atoms with Crippen LogP contribution in [-0.2, 0) is 9.59 Å². The van der Waals surface area contributed by atoms with E-state index in [9.17, 15) is 9.59 Å². The highest BCUT2D eigenvalue weighted by Gasteiger charge is 2.16. The molecule has 2 rings (SSSR count). The molecule has 1 aromatic carbocycles. The number of carbonyl (C=O) groups is 2. The van der Waals surface area contributed by atoms with Gasteiger partial charge in [-0.1, -0.05) is 35.3 Å². The average molecular weight is 324 g/mol. The summed E-state index contributed by atoms with van der Waals surface area (Å²) in [7, 11) is 0. The number of benzene rings is 1. The standard InChI is InChI=1S/C14H11Cl2N3O2/c1-8-5-6-11(17-7-8)19-14(21)13(20)18-10-4-2-3-9(15)12(10)16/h2-7H,1H3,(H,18,20)(H,17,19,21). The lowest BCUT2D eigenvalue weighted by atomic mass is 10.3. The first kappa shape index (κ1) is 15.3. The van der Waals surface area contributed by atoms with Crippen molar-refractivity contribution in [1.29, 1.82) is 0 Å². The minimum atomic E-state index is -0.860. The Kier molecular flexibility index (Phi) is 4.77. The van der Waals surface area contributed by atoms with Crippen LogP contribution in [-0.4, -0.2) is 16.8 Å². The first-order valence-corrected chi connectivity index (χ1v) is 6.72. The predicted octanol–water partition coefficient (Wildman–Crippen LogP) is 3.27. The van der Waals surface area contributed by atoms with Gasteiger partial charge in [0.25, 0.3) is 0 Å². The molecule has 7 heteroatoms. The number of nitrogens with one attached hydrogen (secondary N) is 2. The molecule has 0 saturated heterocycles. The number of aryl methyl sites for hydroxylation is 1. The second kappa shape index (κ2) is 6.56. The maximum absolute atomic E-state index is 11.8. The summed E-state index contributed by atoms with van der Waals surface area (Å²) in [5, 5.41) is 5.23. The minimum absolute atomic E-state index is 0.175. The Labute approximate surface area is 131 Å². The van der Waals surface area contributed by atoms with E-state index in [1.54, 1.807) is 36.5 Å². The lowest BCUT2D eigenvalue weighted by Crippen LogP contribution is -2.29. The monoisotopic (exact) mass is 323 g/mol. The van der Waals surface area contributed by atoms with Crippen LogP contribution in [0.1, 0.15) is 5.56 Å².